The van der Waals surface area contributed by atoms with E-state index >= 15 is 0 Å². The van der Waals surface area contributed by atoms with E-state index in [0.29, 0.717) is 0 Å². The summed E-state index contributed by atoms with van der Waals surface area (Å²) in [6.45, 7) is 0. The molecule has 1 rings (SSSR count). The molecule has 14 heavy (non-hydrogen) atoms. The fourth-order valence-corrected chi connectivity index (χ4v) is 1.55. The molecule has 0 aromatic rings. The number of halogens is 3. The van der Waals surface area contributed by atoms with Crippen LogP contribution < -0.4 is 0 Å². The molecular formula is C6H5F3O4S. The van der Waals surface area contributed by atoms with Gasteiger partial charge in [-0.3, -0.25) is 0 Å². The molecule has 0 aromatic heterocycles. The third-order valence-electron chi connectivity index (χ3n) is 1.17. The molecule has 0 aromatic carbocycles. The zero-order valence-corrected chi connectivity index (χ0v) is 7.38. The minimum atomic E-state index is -5.24. The summed E-state index contributed by atoms with van der Waals surface area (Å²) in [7, 11) is -4.83. The van der Waals surface area contributed by atoms with E-state index in [2.05, 4.69) is 8.92 Å². The van der Waals surface area contributed by atoms with Gasteiger partial charge in [0.1, 0.15) is 0 Å². The molecule has 1 aliphatic rings. The van der Waals surface area contributed by atoms with Gasteiger partial charge in [0.25, 0.3) is 0 Å². The number of hydrogen-bond acceptors (Lipinski definition) is 4. The van der Waals surface area contributed by atoms with Crippen LogP contribution in [0.2, 0.25) is 0 Å². The molecule has 0 aliphatic carbocycles. The molecule has 1 aliphatic heterocycles. The highest BCUT2D eigenvalue weighted by Gasteiger charge is 2.41. The molecule has 0 N–H and O–H groups in total. The van der Waals surface area contributed by atoms with Gasteiger partial charge in [-0.1, -0.05) is 6.08 Å². The van der Waals surface area contributed by atoms with Crippen molar-refractivity contribution in [3.05, 3.63) is 24.5 Å². The molecule has 0 fully saturated rings. The van der Waals surface area contributed by atoms with E-state index in [1.54, 1.807) is 0 Å². The van der Waals surface area contributed by atoms with Gasteiger partial charge in [0, 0.05) is 0 Å². The van der Waals surface area contributed by atoms with Gasteiger partial charge in [-0.25, -0.2) is 0 Å². The summed E-state index contributed by atoms with van der Waals surface area (Å²) in [5, 5.41) is 0. The number of alkyl halides is 3. The van der Waals surface area contributed by atoms with Crippen LogP contribution in [-0.2, 0) is 19.0 Å². The fourth-order valence-electron chi connectivity index (χ4n) is 0.712. The third kappa shape index (κ3) is 3.04. The Kier molecular flexibility index (Phi) is 2.86. The lowest BCUT2D eigenvalue weighted by atomic mass is 10.4. The fraction of sp³-hybridized carbons (Fsp3) is 0.333. The normalized spacial score (nSPS) is 22.1. The van der Waals surface area contributed by atoms with Crippen LogP contribution in [0.5, 0.6) is 0 Å². The molecule has 4 nitrogen and oxygen atoms in total. The number of hydrogen-bond donors (Lipinski definition) is 0. The van der Waals surface area contributed by atoms with Crippen LogP contribution in [-0.4, -0.2) is 20.2 Å². The Morgan fingerprint density at radius 1 is 1.29 bits per heavy atom. The average Bonchev–Trinajstić information content (AvgIpc) is 2.01. The molecule has 0 spiro atoms. The summed E-state index contributed by atoms with van der Waals surface area (Å²) in [5.41, 5.74) is -1.76. The summed E-state index contributed by atoms with van der Waals surface area (Å²) in [6, 6.07) is 0. The molecule has 80 valence electrons. The first-order chi connectivity index (χ1) is 6.31. The van der Waals surface area contributed by atoms with Crippen molar-refractivity contribution in [3.8, 4) is 0 Å². The lowest BCUT2D eigenvalue weighted by Crippen LogP contribution is -2.29. The first-order valence-electron chi connectivity index (χ1n) is 3.31. The van der Waals surface area contributed by atoms with Gasteiger partial charge < -0.3 is 4.74 Å². The smallest absolute Gasteiger partial charge is 0.475 e. The molecule has 1 unspecified atom stereocenters. The SMILES string of the molecule is O=S(=O)(OC(F)(F)F)C1C=CC=CO1. The first-order valence-corrected chi connectivity index (χ1v) is 4.78. The second kappa shape index (κ2) is 3.62. The maximum Gasteiger partial charge on any atom is 0.537 e. The van der Waals surface area contributed by atoms with Gasteiger partial charge >= 0.3 is 16.5 Å². The minimum absolute atomic E-state index is 0.932. The Balaban J connectivity index is 2.76. The van der Waals surface area contributed by atoms with Crippen LogP contribution >= 0.6 is 0 Å². The Morgan fingerprint density at radius 2 is 1.93 bits per heavy atom. The van der Waals surface area contributed by atoms with Crippen molar-refractivity contribution >= 4 is 10.1 Å². The summed E-state index contributed by atoms with van der Waals surface area (Å²) in [4.78, 5) is 0. The van der Waals surface area contributed by atoms with Gasteiger partial charge in [-0.15, -0.1) is 13.2 Å². The largest absolute Gasteiger partial charge is 0.537 e. The predicted molar refractivity (Wildman–Crippen MR) is 39.2 cm³/mol. The van der Waals surface area contributed by atoms with Gasteiger partial charge in [0.15, 0.2) is 0 Å². The molecule has 1 heterocycles. The Bertz CT molecular complexity index is 354. The Morgan fingerprint density at radius 3 is 2.36 bits per heavy atom. The van der Waals surface area contributed by atoms with Crippen molar-refractivity contribution in [3.63, 3.8) is 0 Å². The maximum absolute atomic E-state index is 11.6. The van der Waals surface area contributed by atoms with E-state index in [4.69, 9.17) is 0 Å². The highest BCUT2D eigenvalue weighted by atomic mass is 32.2. The number of allylic oxidation sites excluding steroid dienone is 2. The van der Waals surface area contributed by atoms with Crippen LogP contribution in [0.1, 0.15) is 0 Å². The third-order valence-corrected chi connectivity index (χ3v) is 2.42. The second-order valence-electron chi connectivity index (χ2n) is 2.24. The maximum atomic E-state index is 11.6. The van der Waals surface area contributed by atoms with Gasteiger partial charge in [-0.2, -0.15) is 12.6 Å². The molecule has 0 saturated carbocycles. The van der Waals surface area contributed by atoms with Crippen molar-refractivity contribution in [1.82, 2.24) is 0 Å². The van der Waals surface area contributed by atoms with Crippen LogP contribution in [0.25, 0.3) is 0 Å². The zero-order chi connectivity index (χ0) is 10.8. The summed E-state index contributed by atoms with van der Waals surface area (Å²) in [5.74, 6) is 0. The number of rotatable bonds is 2. The van der Waals surface area contributed by atoms with Gasteiger partial charge in [0.2, 0.25) is 5.44 Å². The van der Waals surface area contributed by atoms with Crippen molar-refractivity contribution < 1.29 is 30.5 Å². The first kappa shape index (κ1) is 11.1. The van der Waals surface area contributed by atoms with E-state index in [1.807, 2.05) is 0 Å². The quantitative estimate of drug-likeness (QED) is 0.670. The number of ether oxygens (including phenoxy) is 1. The minimum Gasteiger partial charge on any atom is -0.475 e. The zero-order valence-electron chi connectivity index (χ0n) is 6.56. The van der Waals surface area contributed by atoms with Crippen molar-refractivity contribution in [2.24, 2.45) is 0 Å². The molecule has 0 bridgehead atoms. The van der Waals surface area contributed by atoms with E-state index in [9.17, 15) is 21.6 Å². The summed E-state index contributed by atoms with van der Waals surface area (Å²) < 4.78 is 63.9. The monoisotopic (exact) mass is 230 g/mol. The van der Waals surface area contributed by atoms with Gasteiger partial charge in [0.05, 0.1) is 6.26 Å². The predicted octanol–water partition coefficient (Wildman–Crippen LogP) is 1.28. The lowest BCUT2D eigenvalue weighted by Gasteiger charge is -2.15. The highest BCUT2D eigenvalue weighted by molar-refractivity contribution is 7.87. The van der Waals surface area contributed by atoms with E-state index in [0.717, 1.165) is 12.3 Å². The second-order valence-corrected chi connectivity index (χ2v) is 3.86. The van der Waals surface area contributed by atoms with Crippen molar-refractivity contribution in [1.29, 1.82) is 0 Å². The topological polar surface area (TPSA) is 52.6 Å². The van der Waals surface area contributed by atoms with Crippen molar-refractivity contribution in [2.45, 2.75) is 11.8 Å². The molecule has 0 saturated heterocycles. The summed E-state index contributed by atoms with van der Waals surface area (Å²) >= 11 is 0. The van der Waals surface area contributed by atoms with Crippen LogP contribution in [0, 0.1) is 0 Å². The van der Waals surface area contributed by atoms with Crippen LogP contribution in [0.4, 0.5) is 13.2 Å². The molecule has 8 heteroatoms. The molecule has 0 amide bonds. The molecule has 0 radical (unpaired) electrons. The molecule has 1 atom stereocenters. The Labute approximate surface area is 77.7 Å². The Hall–Kier alpha value is -1.02. The highest BCUT2D eigenvalue weighted by Crippen LogP contribution is 2.23. The van der Waals surface area contributed by atoms with Crippen LogP contribution in [0.3, 0.4) is 0 Å². The van der Waals surface area contributed by atoms with E-state index < -0.39 is 21.9 Å². The van der Waals surface area contributed by atoms with Gasteiger partial charge in [-0.05, 0) is 12.2 Å². The van der Waals surface area contributed by atoms with E-state index in [-0.39, 0.29) is 0 Å². The van der Waals surface area contributed by atoms with Crippen LogP contribution in [0.15, 0.2) is 24.5 Å². The standard InChI is InChI=1S/C6H5F3O4S/c7-6(8,9)13-14(10,11)5-3-1-2-4-12-5/h1-5H. The average molecular weight is 230 g/mol. The van der Waals surface area contributed by atoms with E-state index in [1.165, 1.54) is 12.2 Å². The van der Waals surface area contributed by atoms with Crippen molar-refractivity contribution in [2.75, 3.05) is 0 Å². The summed E-state index contributed by atoms with van der Waals surface area (Å²) in [6.07, 6.45) is -0.773. The molecular weight excluding hydrogens is 225 g/mol. The lowest BCUT2D eigenvalue weighted by molar-refractivity contribution is -0.272.